The molecule has 1 unspecified atom stereocenters. The van der Waals surface area contributed by atoms with Crippen molar-refractivity contribution in [3.05, 3.63) is 67.7 Å². The van der Waals surface area contributed by atoms with Crippen LogP contribution < -0.4 is 5.32 Å². The van der Waals surface area contributed by atoms with Crippen LogP contribution in [0.3, 0.4) is 0 Å². The van der Waals surface area contributed by atoms with Crippen LogP contribution >= 0.6 is 34.2 Å². The Morgan fingerprint density at radius 2 is 1.95 bits per heavy atom. The molecule has 3 heteroatoms. The maximum absolute atomic E-state index is 6.37. The van der Waals surface area contributed by atoms with Gasteiger partial charge in [-0.25, -0.2) is 0 Å². The average Bonchev–Trinajstić information content (AvgIpc) is 2.42. The maximum Gasteiger partial charge on any atom is 0.0441 e. The van der Waals surface area contributed by atoms with Crippen LogP contribution in [0.5, 0.6) is 0 Å². The third-order valence-corrected chi connectivity index (χ3v) is 4.70. The molecule has 0 spiro atoms. The van der Waals surface area contributed by atoms with Gasteiger partial charge in [0, 0.05) is 14.6 Å². The van der Waals surface area contributed by atoms with Gasteiger partial charge in [0.25, 0.3) is 0 Å². The fourth-order valence-electron chi connectivity index (χ4n) is 2.33. The number of aryl methyl sites for hydroxylation is 1. The van der Waals surface area contributed by atoms with Gasteiger partial charge in [0.05, 0.1) is 0 Å². The van der Waals surface area contributed by atoms with Crippen LogP contribution in [0.15, 0.2) is 42.5 Å². The fraction of sp³-hybridized carbons (Fsp3) is 0.294. The summed E-state index contributed by atoms with van der Waals surface area (Å²) in [7, 11) is 0. The summed E-state index contributed by atoms with van der Waals surface area (Å²) in [6.07, 6.45) is 0.910. The Labute approximate surface area is 139 Å². The van der Waals surface area contributed by atoms with Crippen molar-refractivity contribution >= 4 is 34.2 Å². The summed E-state index contributed by atoms with van der Waals surface area (Å²) in [6, 6.07) is 15.1. The molecule has 2 aromatic rings. The summed E-state index contributed by atoms with van der Waals surface area (Å²) in [5, 5.41) is 4.43. The smallest absolute Gasteiger partial charge is 0.0441 e. The lowest BCUT2D eigenvalue weighted by Gasteiger charge is -2.20. The van der Waals surface area contributed by atoms with E-state index in [1.165, 1.54) is 20.3 Å². The van der Waals surface area contributed by atoms with E-state index in [2.05, 4.69) is 78.2 Å². The number of halogens is 2. The quantitative estimate of drug-likeness (QED) is 0.686. The highest BCUT2D eigenvalue weighted by Crippen LogP contribution is 2.27. The van der Waals surface area contributed by atoms with Crippen LogP contribution in [0.1, 0.15) is 29.7 Å². The summed E-state index contributed by atoms with van der Waals surface area (Å²) in [5.74, 6) is 0. The van der Waals surface area contributed by atoms with E-state index < -0.39 is 0 Å². The minimum atomic E-state index is 0.299. The van der Waals surface area contributed by atoms with Crippen LogP contribution in [0.25, 0.3) is 0 Å². The normalized spacial score (nSPS) is 12.4. The monoisotopic (exact) mass is 399 g/mol. The number of hydrogen-bond donors (Lipinski definition) is 1. The number of hydrogen-bond acceptors (Lipinski definition) is 1. The maximum atomic E-state index is 6.37. The molecular weight excluding hydrogens is 381 g/mol. The molecular formula is C17H19ClIN. The molecule has 0 heterocycles. The summed E-state index contributed by atoms with van der Waals surface area (Å²) >= 11 is 8.77. The summed E-state index contributed by atoms with van der Waals surface area (Å²) in [4.78, 5) is 0. The Kier molecular flexibility index (Phi) is 5.87. The molecule has 2 aromatic carbocycles. The van der Waals surface area contributed by atoms with Crippen LogP contribution in [-0.2, 0) is 6.42 Å². The first-order chi connectivity index (χ1) is 9.61. The van der Waals surface area contributed by atoms with Crippen LogP contribution in [0, 0.1) is 10.5 Å². The molecule has 0 radical (unpaired) electrons. The molecule has 1 atom stereocenters. The van der Waals surface area contributed by atoms with Crippen molar-refractivity contribution in [2.45, 2.75) is 26.3 Å². The first kappa shape index (κ1) is 15.8. The Morgan fingerprint density at radius 3 is 2.60 bits per heavy atom. The zero-order chi connectivity index (χ0) is 14.5. The third-order valence-electron chi connectivity index (χ3n) is 3.36. The lowest BCUT2D eigenvalue weighted by atomic mass is 9.98. The van der Waals surface area contributed by atoms with Crippen LogP contribution in [0.4, 0.5) is 0 Å². The van der Waals surface area contributed by atoms with Crippen molar-refractivity contribution in [2.24, 2.45) is 0 Å². The molecule has 1 nitrogen and oxygen atoms in total. The van der Waals surface area contributed by atoms with E-state index in [1.54, 1.807) is 0 Å². The Bertz CT molecular complexity index is 583. The van der Waals surface area contributed by atoms with Crippen LogP contribution in [-0.4, -0.2) is 6.54 Å². The van der Waals surface area contributed by atoms with E-state index in [4.69, 9.17) is 11.6 Å². The van der Waals surface area contributed by atoms with Crippen molar-refractivity contribution in [1.82, 2.24) is 5.32 Å². The van der Waals surface area contributed by atoms with Crippen molar-refractivity contribution in [3.63, 3.8) is 0 Å². The van der Waals surface area contributed by atoms with Crippen molar-refractivity contribution in [1.29, 1.82) is 0 Å². The first-order valence-electron chi connectivity index (χ1n) is 6.84. The molecule has 0 fully saturated rings. The molecule has 0 aliphatic heterocycles. The highest BCUT2D eigenvalue weighted by Gasteiger charge is 2.15. The van der Waals surface area contributed by atoms with E-state index in [1.807, 2.05) is 6.07 Å². The average molecular weight is 400 g/mol. The van der Waals surface area contributed by atoms with Gasteiger partial charge in [-0.3, -0.25) is 0 Å². The molecule has 0 aromatic heterocycles. The molecule has 1 N–H and O–H groups in total. The standard InChI is InChI=1S/C17H19ClIN/c1-3-20-17(14-6-4-5-7-16(14)19)11-13-9-8-12(2)10-15(13)18/h4-10,17,20H,3,11H2,1-2H3. The first-order valence-corrected chi connectivity index (χ1v) is 8.30. The molecule has 0 aliphatic carbocycles. The lowest BCUT2D eigenvalue weighted by molar-refractivity contribution is 0.548. The van der Waals surface area contributed by atoms with Gasteiger partial charge in [0.2, 0.25) is 0 Å². The largest absolute Gasteiger partial charge is 0.310 e. The predicted octanol–water partition coefficient (Wildman–Crippen LogP) is 5.15. The molecule has 0 amide bonds. The van der Waals surface area contributed by atoms with Gasteiger partial charge in [-0.15, -0.1) is 0 Å². The number of nitrogens with one attached hydrogen (secondary N) is 1. The Morgan fingerprint density at radius 1 is 1.20 bits per heavy atom. The summed E-state index contributed by atoms with van der Waals surface area (Å²) in [6.45, 7) is 5.15. The van der Waals surface area contributed by atoms with E-state index in [0.717, 1.165) is 18.0 Å². The molecule has 20 heavy (non-hydrogen) atoms. The van der Waals surface area contributed by atoms with E-state index in [-0.39, 0.29) is 0 Å². The van der Waals surface area contributed by atoms with Crippen molar-refractivity contribution in [2.75, 3.05) is 6.54 Å². The minimum Gasteiger partial charge on any atom is -0.310 e. The van der Waals surface area contributed by atoms with E-state index >= 15 is 0 Å². The second-order valence-corrected chi connectivity index (χ2v) is 6.50. The number of rotatable bonds is 5. The van der Waals surface area contributed by atoms with E-state index in [0.29, 0.717) is 6.04 Å². The fourth-order valence-corrected chi connectivity index (χ4v) is 3.41. The van der Waals surface area contributed by atoms with Gasteiger partial charge in [-0.1, -0.05) is 48.9 Å². The lowest BCUT2D eigenvalue weighted by Crippen LogP contribution is -2.23. The van der Waals surface area contributed by atoms with Gasteiger partial charge in [0.15, 0.2) is 0 Å². The molecule has 0 saturated heterocycles. The second-order valence-electron chi connectivity index (χ2n) is 4.93. The summed E-state index contributed by atoms with van der Waals surface area (Å²) in [5.41, 5.74) is 3.74. The van der Waals surface area contributed by atoms with E-state index in [9.17, 15) is 0 Å². The van der Waals surface area contributed by atoms with Gasteiger partial charge < -0.3 is 5.32 Å². The Balaban J connectivity index is 2.28. The molecule has 0 saturated carbocycles. The SMILES string of the molecule is CCNC(Cc1ccc(C)cc1Cl)c1ccccc1I. The molecule has 2 rings (SSSR count). The van der Waals surface area contributed by atoms with Gasteiger partial charge in [-0.2, -0.15) is 0 Å². The molecule has 0 aliphatic rings. The second kappa shape index (κ2) is 7.43. The zero-order valence-corrected chi connectivity index (χ0v) is 14.7. The topological polar surface area (TPSA) is 12.0 Å². The Hall–Kier alpha value is -0.580. The number of likely N-dealkylation sites (N-methyl/N-ethyl adjacent to an activating group) is 1. The van der Waals surface area contributed by atoms with Crippen molar-refractivity contribution in [3.8, 4) is 0 Å². The predicted molar refractivity (Wildman–Crippen MR) is 95.5 cm³/mol. The third kappa shape index (κ3) is 3.96. The van der Waals surface area contributed by atoms with Gasteiger partial charge in [0.1, 0.15) is 0 Å². The van der Waals surface area contributed by atoms with Gasteiger partial charge in [-0.05, 0) is 71.3 Å². The highest BCUT2D eigenvalue weighted by molar-refractivity contribution is 14.1. The van der Waals surface area contributed by atoms with Crippen molar-refractivity contribution < 1.29 is 0 Å². The number of benzene rings is 2. The van der Waals surface area contributed by atoms with Crippen LogP contribution in [0.2, 0.25) is 5.02 Å². The summed E-state index contributed by atoms with van der Waals surface area (Å²) < 4.78 is 1.29. The zero-order valence-electron chi connectivity index (χ0n) is 11.8. The molecule has 0 bridgehead atoms. The van der Waals surface area contributed by atoms with Gasteiger partial charge >= 0.3 is 0 Å². The minimum absolute atomic E-state index is 0.299. The molecule has 106 valence electrons. The highest BCUT2D eigenvalue weighted by atomic mass is 127.